The molecule has 7 nitrogen and oxygen atoms in total. The van der Waals surface area contributed by atoms with Gasteiger partial charge in [0.15, 0.2) is 11.4 Å². The van der Waals surface area contributed by atoms with Gasteiger partial charge in [-0.3, -0.25) is 9.78 Å². The fourth-order valence-corrected chi connectivity index (χ4v) is 3.08. The van der Waals surface area contributed by atoms with E-state index in [1.165, 1.54) is 6.33 Å². The van der Waals surface area contributed by atoms with Crippen LogP contribution in [-0.4, -0.2) is 37.4 Å². The number of Topliss-reactive ketones (excluding diaryl/α,β-unsaturated/α-hetero) is 1. The molecule has 4 aromatic rings. The number of nitrogens with one attached hydrogen (secondary N) is 1. The van der Waals surface area contributed by atoms with E-state index in [2.05, 4.69) is 25.4 Å². The summed E-state index contributed by atoms with van der Waals surface area (Å²) >= 11 is 0. The van der Waals surface area contributed by atoms with E-state index < -0.39 is 0 Å². The van der Waals surface area contributed by atoms with Crippen LogP contribution in [-0.2, 0) is 0 Å². The summed E-state index contributed by atoms with van der Waals surface area (Å²) in [4.78, 5) is 25.1. The summed E-state index contributed by atoms with van der Waals surface area (Å²) in [7, 11) is 1.83. The fraction of sp³-hybridized carbons (Fsp3) is 0.211. The predicted molar refractivity (Wildman–Crippen MR) is 100 cm³/mol. The number of carbonyl (C=O) groups excluding carboxylic acids is 1. The van der Waals surface area contributed by atoms with Gasteiger partial charge in [-0.1, -0.05) is 6.92 Å². The van der Waals surface area contributed by atoms with Gasteiger partial charge in [0.2, 0.25) is 0 Å². The first-order chi connectivity index (χ1) is 12.6. The lowest BCUT2D eigenvalue weighted by molar-refractivity contribution is 0.0983. The summed E-state index contributed by atoms with van der Waals surface area (Å²) in [5.74, 6) is 0.803. The normalized spacial score (nSPS) is 11.2. The molecule has 0 atom stereocenters. The van der Waals surface area contributed by atoms with Crippen LogP contribution in [0.15, 0.2) is 36.9 Å². The van der Waals surface area contributed by atoms with Gasteiger partial charge in [-0.15, -0.1) is 0 Å². The number of nitrogens with zero attached hydrogens (tertiary/aromatic N) is 5. The van der Waals surface area contributed by atoms with Gasteiger partial charge in [0.05, 0.1) is 5.52 Å². The minimum Gasteiger partial charge on any atom is -0.373 e. The van der Waals surface area contributed by atoms with Crippen molar-refractivity contribution in [2.24, 2.45) is 0 Å². The highest BCUT2D eigenvalue weighted by Crippen LogP contribution is 2.30. The second-order valence-corrected chi connectivity index (χ2v) is 6.09. The number of anilines is 1. The maximum Gasteiger partial charge on any atom is 0.180 e. The molecule has 7 heteroatoms. The van der Waals surface area contributed by atoms with Crippen LogP contribution in [0.25, 0.3) is 27.7 Å². The number of fused-ring (bicyclic) bond motifs is 3. The van der Waals surface area contributed by atoms with Gasteiger partial charge in [0.25, 0.3) is 0 Å². The van der Waals surface area contributed by atoms with Gasteiger partial charge in [-0.2, -0.15) is 5.10 Å². The molecule has 0 saturated carbocycles. The molecule has 26 heavy (non-hydrogen) atoms. The molecule has 1 N–H and O–H groups in total. The van der Waals surface area contributed by atoms with E-state index in [0.29, 0.717) is 12.1 Å². The number of hydrogen-bond acceptors (Lipinski definition) is 6. The molecule has 0 amide bonds. The van der Waals surface area contributed by atoms with Crippen molar-refractivity contribution in [3.8, 4) is 11.1 Å². The van der Waals surface area contributed by atoms with Crippen molar-refractivity contribution in [2.45, 2.75) is 20.3 Å². The number of ketones is 1. The summed E-state index contributed by atoms with van der Waals surface area (Å²) in [6.07, 6.45) is 5.53. The van der Waals surface area contributed by atoms with Gasteiger partial charge in [0, 0.05) is 48.4 Å². The van der Waals surface area contributed by atoms with Gasteiger partial charge in [0.1, 0.15) is 17.8 Å². The summed E-state index contributed by atoms with van der Waals surface area (Å²) in [6.45, 7) is 3.81. The number of aromatic nitrogens is 5. The van der Waals surface area contributed by atoms with Crippen molar-refractivity contribution in [2.75, 3.05) is 12.4 Å². The van der Waals surface area contributed by atoms with E-state index in [-0.39, 0.29) is 5.78 Å². The Morgan fingerprint density at radius 2 is 1.96 bits per heavy atom. The molecular formula is C19H18N6O. The maximum absolute atomic E-state index is 11.9. The number of hydrogen-bond donors (Lipinski definition) is 1. The lowest BCUT2D eigenvalue weighted by Gasteiger charge is -2.11. The Labute approximate surface area is 150 Å². The van der Waals surface area contributed by atoms with Crippen molar-refractivity contribution >= 4 is 28.2 Å². The maximum atomic E-state index is 11.9. The smallest absolute Gasteiger partial charge is 0.180 e. The van der Waals surface area contributed by atoms with Crippen molar-refractivity contribution in [1.82, 2.24) is 24.6 Å². The molecule has 0 aromatic carbocycles. The van der Waals surface area contributed by atoms with Crippen molar-refractivity contribution in [1.29, 1.82) is 0 Å². The number of pyridine rings is 3. The Morgan fingerprint density at radius 1 is 1.12 bits per heavy atom. The lowest BCUT2D eigenvalue weighted by atomic mass is 10.0. The molecule has 4 rings (SSSR count). The predicted octanol–water partition coefficient (Wildman–Crippen LogP) is 3.28. The third-order valence-corrected chi connectivity index (χ3v) is 4.49. The first-order valence-corrected chi connectivity index (χ1v) is 8.43. The monoisotopic (exact) mass is 346 g/mol. The number of carbonyl (C=O) groups is 1. The Morgan fingerprint density at radius 3 is 2.69 bits per heavy atom. The third kappa shape index (κ3) is 2.48. The Balaban J connectivity index is 1.96. The van der Waals surface area contributed by atoms with E-state index in [0.717, 1.165) is 39.1 Å². The van der Waals surface area contributed by atoms with Crippen molar-refractivity contribution in [3.63, 3.8) is 0 Å². The van der Waals surface area contributed by atoms with Crippen LogP contribution in [0.3, 0.4) is 0 Å². The fourth-order valence-electron chi connectivity index (χ4n) is 3.08. The zero-order chi connectivity index (χ0) is 18.3. The largest absolute Gasteiger partial charge is 0.373 e. The summed E-state index contributed by atoms with van der Waals surface area (Å²) in [5.41, 5.74) is 4.96. The summed E-state index contributed by atoms with van der Waals surface area (Å²) in [6, 6.07) is 5.81. The van der Waals surface area contributed by atoms with Gasteiger partial charge in [-0.05, 0) is 24.6 Å². The quantitative estimate of drug-likeness (QED) is 0.571. The zero-order valence-corrected chi connectivity index (χ0v) is 14.8. The van der Waals surface area contributed by atoms with Gasteiger partial charge in [-0.25, -0.2) is 14.5 Å². The minimum atomic E-state index is 0.0366. The van der Waals surface area contributed by atoms with E-state index in [4.69, 9.17) is 0 Å². The minimum absolute atomic E-state index is 0.0366. The highest BCUT2D eigenvalue weighted by molar-refractivity contribution is 5.96. The zero-order valence-electron chi connectivity index (χ0n) is 14.8. The molecule has 4 aromatic heterocycles. The van der Waals surface area contributed by atoms with Crippen molar-refractivity contribution < 1.29 is 4.79 Å². The molecule has 4 heterocycles. The molecule has 130 valence electrons. The number of rotatable bonds is 4. The molecular weight excluding hydrogens is 328 g/mol. The molecule has 0 aliphatic heterocycles. The van der Waals surface area contributed by atoms with E-state index in [1.54, 1.807) is 10.7 Å². The van der Waals surface area contributed by atoms with Crippen LogP contribution in [0.5, 0.6) is 0 Å². The highest BCUT2D eigenvalue weighted by atomic mass is 16.1. The van der Waals surface area contributed by atoms with Gasteiger partial charge < -0.3 is 5.32 Å². The Hall–Kier alpha value is -3.35. The van der Waals surface area contributed by atoms with E-state index in [1.807, 2.05) is 45.3 Å². The molecule has 0 fully saturated rings. The second kappa shape index (κ2) is 6.18. The molecule has 0 aliphatic rings. The summed E-state index contributed by atoms with van der Waals surface area (Å²) < 4.78 is 1.80. The highest BCUT2D eigenvalue weighted by Gasteiger charge is 2.15. The number of aryl methyl sites for hydroxylation is 1. The van der Waals surface area contributed by atoms with Crippen LogP contribution in [0.4, 0.5) is 5.82 Å². The standard InChI is InChI=1S/C19H18N6O/c1-4-17(26)15-5-11(2)14(9-21-15)13-6-12-8-22-18(20-3)7-16(12)25-19(13)23-10-24-25/h5-10H,4H2,1-3H3,(H,20,22). The molecule has 0 radical (unpaired) electrons. The molecule has 0 unspecified atom stereocenters. The van der Waals surface area contributed by atoms with Crippen LogP contribution < -0.4 is 5.32 Å². The van der Waals surface area contributed by atoms with Gasteiger partial charge >= 0.3 is 0 Å². The summed E-state index contributed by atoms with van der Waals surface area (Å²) in [5, 5.41) is 8.36. The van der Waals surface area contributed by atoms with Crippen molar-refractivity contribution in [3.05, 3.63) is 48.2 Å². The van der Waals surface area contributed by atoms with Crippen LogP contribution in [0, 0.1) is 6.92 Å². The molecule has 0 saturated heterocycles. The van der Waals surface area contributed by atoms with E-state index >= 15 is 0 Å². The lowest BCUT2D eigenvalue weighted by Crippen LogP contribution is -2.02. The van der Waals surface area contributed by atoms with E-state index in [9.17, 15) is 4.79 Å². The molecule has 0 spiro atoms. The van der Waals surface area contributed by atoms with Crippen LogP contribution in [0.1, 0.15) is 29.4 Å². The Bertz CT molecular complexity index is 1150. The molecule has 0 bridgehead atoms. The van der Waals surface area contributed by atoms with Crippen LogP contribution >= 0.6 is 0 Å². The Kier molecular flexibility index (Phi) is 3.84. The topological polar surface area (TPSA) is 85.1 Å². The SMILES string of the molecule is CCC(=O)c1cc(C)c(-c2cc3cnc(NC)cc3n3ncnc23)cn1. The molecule has 0 aliphatic carbocycles. The second-order valence-electron chi connectivity index (χ2n) is 6.09. The first kappa shape index (κ1) is 16.1. The third-order valence-electron chi connectivity index (χ3n) is 4.49. The average Bonchev–Trinajstić information content (AvgIpc) is 3.16. The average molecular weight is 346 g/mol. The van der Waals surface area contributed by atoms with Crippen LogP contribution in [0.2, 0.25) is 0 Å². The first-order valence-electron chi connectivity index (χ1n) is 8.43.